The zero-order valence-electron chi connectivity index (χ0n) is 20.0. The molecule has 3 aliphatic heterocycles. The molecule has 0 bridgehead atoms. The zero-order chi connectivity index (χ0) is 24.2. The first-order valence-electron chi connectivity index (χ1n) is 12.7. The van der Waals surface area contributed by atoms with E-state index in [2.05, 4.69) is 15.1 Å². The van der Waals surface area contributed by atoms with Crippen LogP contribution in [0.2, 0.25) is 5.02 Å². The molecule has 35 heavy (non-hydrogen) atoms. The number of ether oxygens (including phenoxy) is 2. The van der Waals surface area contributed by atoms with Gasteiger partial charge in [-0.25, -0.2) is 0 Å². The molecule has 1 amide bonds. The van der Waals surface area contributed by atoms with E-state index in [1.165, 1.54) is 6.42 Å². The van der Waals surface area contributed by atoms with E-state index in [9.17, 15) is 9.90 Å². The number of anilines is 1. The van der Waals surface area contributed by atoms with Crippen LogP contribution in [0.25, 0.3) is 0 Å². The van der Waals surface area contributed by atoms with Gasteiger partial charge in [-0.2, -0.15) is 0 Å². The van der Waals surface area contributed by atoms with Gasteiger partial charge < -0.3 is 29.7 Å². The standard InChI is InChI=1S/C27H34ClN3O4/c28-21-5-7-22(8-6-21)31-13-10-20(17-31)27(33)29-23(18-30-11-2-1-3-12-30)26(32)19-4-9-24-25(16-19)35-15-14-34-24/h4-9,16,20,23,26,32H,1-3,10-15,17-18H2,(H,29,33)/t20?,23-,26-/m1/s1. The number of nitrogens with one attached hydrogen (secondary N) is 1. The van der Waals surface area contributed by atoms with Crippen molar-refractivity contribution in [3.63, 3.8) is 0 Å². The fourth-order valence-electron chi connectivity index (χ4n) is 5.28. The maximum atomic E-state index is 13.4. The van der Waals surface area contributed by atoms with Crippen molar-refractivity contribution in [1.29, 1.82) is 0 Å². The summed E-state index contributed by atoms with van der Waals surface area (Å²) in [5, 5.41) is 15.3. The number of hydrogen-bond donors (Lipinski definition) is 2. The highest BCUT2D eigenvalue weighted by atomic mass is 35.5. The summed E-state index contributed by atoms with van der Waals surface area (Å²) in [7, 11) is 0. The number of benzene rings is 2. The van der Waals surface area contributed by atoms with Crippen LogP contribution < -0.4 is 19.7 Å². The molecule has 2 aromatic rings. The highest BCUT2D eigenvalue weighted by Gasteiger charge is 2.33. The molecule has 2 aromatic carbocycles. The lowest BCUT2D eigenvalue weighted by molar-refractivity contribution is -0.126. The monoisotopic (exact) mass is 499 g/mol. The Morgan fingerprint density at radius 3 is 2.54 bits per heavy atom. The molecule has 5 rings (SSSR count). The first kappa shape index (κ1) is 24.2. The Kier molecular flexibility index (Phi) is 7.66. The molecule has 7 nitrogen and oxygen atoms in total. The molecule has 0 radical (unpaired) electrons. The minimum atomic E-state index is -0.842. The third-order valence-corrected chi connectivity index (χ3v) is 7.52. The van der Waals surface area contributed by atoms with Crippen LogP contribution in [0.3, 0.4) is 0 Å². The van der Waals surface area contributed by atoms with Gasteiger partial charge in [0.25, 0.3) is 0 Å². The third kappa shape index (κ3) is 5.85. The van der Waals surface area contributed by atoms with Crippen LogP contribution in [0.15, 0.2) is 42.5 Å². The smallest absolute Gasteiger partial charge is 0.225 e. The third-order valence-electron chi connectivity index (χ3n) is 7.27. The minimum Gasteiger partial charge on any atom is -0.486 e. The molecule has 0 spiro atoms. The normalized spacial score (nSPS) is 22.0. The van der Waals surface area contributed by atoms with E-state index in [1.807, 2.05) is 42.5 Å². The lowest BCUT2D eigenvalue weighted by Gasteiger charge is -2.34. The van der Waals surface area contributed by atoms with E-state index in [4.69, 9.17) is 21.1 Å². The fraction of sp³-hybridized carbons (Fsp3) is 0.519. The van der Waals surface area contributed by atoms with Gasteiger partial charge in [0.2, 0.25) is 5.91 Å². The van der Waals surface area contributed by atoms with E-state index in [0.717, 1.165) is 50.1 Å². The summed E-state index contributed by atoms with van der Waals surface area (Å²) in [6.07, 6.45) is 3.48. The van der Waals surface area contributed by atoms with Gasteiger partial charge in [-0.05, 0) is 74.3 Å². The Bertz CT molecular complexity index is 1010. The molecule has 3 aliphatic rings. The molecule has 3 atom stereocenters. The lowest BCUT2D eigenvalue weighted by atomic mass is 9.98. The Hall–Kier alpha value is -2.48. The highest BCUT2D eigenvalue weighted by Crippen LogP contribution is 2.34. The molecule has 8 heteroatoms. The topological polar surface area (TPSA) is 74.3 Å². The zero-order valence-corrected chi connectivity index (χ0v) is 20.8. The maximum Gasteiger partial charge on any atom is 0.225 e. The first-order valence-corrected chi connectivity index (χ1v) is 13.1. The second-order valence-corrected chi connectivity index (χ2v) is 10.2. The maximum absolute atomic E-state index is 13.4. The van der Waals surface area contributed by atoms with Crippen LogP contribution in [0.1, 0.15) is 37.4 Å². The van der Waals surface area contributed by atoms with Crippen molar-refractivity contribution in [1.82, 2.24) is 10.2 Å². The van der Waals surface area contributed by atoms with Gasteiger partial charge in [-0.3, -0.25) is 4.79 Å². The largest absolute Gasteiger partial charge is 0.486 e. The van der Waals surface area contributed by atoms with Crippen molar-refractivity contribution < 1.29 is 19.4 Å². The molecule has 188 valence electrons. The van der Waals surface area contributed by atoms with Gasteiger partial charge in [0.1, 0.15) is 19.3 Å². The summed E-state index contributed by atoms with van der Waals surface area (Å²) in [6, 6.07) is 12.9. The number of carbonyl (C=O) groups excluding carboxylic acids is 1. The van der Waals surface area contributed by atoms with E-state index < -0.39 is 12.1 Å². The van der Waals surface area contributed by atoms with Gasteiger partial charge in [0.15, 0.2) is 11.5 Å². The Morgan fingerprint density at radius 1 is 1.03 bits per heavy atom. The second kappa shape index (κ2) is 11.1. The average molecular weight is 500 g/mol. The Morgan fingerprint density at radius 2 is 1.77 bits per heavy atom. The molecular weight excluding hydrogens is 466 g/mol. The molecule has 1 unspecified atom stereocenters. The van der Waals surface area contributed by atoms with Crippen molar-refractivity contribution in [3.05, 3.63) is 53.1 Å². The van der Waals surface area contributed by atoms with E-state index in [-0.39, 0.29) is 11.8 Å². The van der Waals surface area contributed by atoms with Gasteiger partial charge in [-0.15, -0.1) is 0 Å². The molecule has 2 N–H and O–H groups in total. The van der Waals surface area contributed by atoms with Gasteiger partial charge >= 0.3 is 0 Å². The lowest BCUT2D eigenvalue weighted by Crippen LogP contribution is -2.50. The summed E-state index contributed by atoms with van der Waals surface area (Å²) in [4.78, 5) is 17.9. The van der Waals surface area contributed by atoms with Crippen LogP contribution in [-0.4, -0.2) is 67.9 Å². The molecular formula is C27H34ClN3O4. The van der Waals surface area contributed by atoms with Crippen LogP contribution in [0.5, 0.6) is 11.5 Å². The molecule has 2 fully saturated rings. The number of rotatable bonds is 7. The Balaban J connectivity index is 1.28. The number of nitrogens with zero attached hydrogens (tertiary/aromatic N) is 2. The molecule has 0 aromatic heterocycles. The van der Waals surface area contributed by atoms with Gasteiger partial charge in [0, 0.05) is 30.3 Å². The number of fused-ring (bicyclic) bond motifs is 1. The summed E-state index contributed by atoms with van der Waals surface area (Å²) < 4.78 is 11.3. The number of carbonyl (C=O) groups is 1. The van der Waals surface area contributed by atoms with Crippen LogP contribution in [-0.2, 0) is 4.79 Å². The van der Waals surface area contributed by atoms with Crippen LogP contribution in [0, 0.1) is 5.92 Å². The summed E-state index contributed by atoms with van der Waals surface area (Å²) >= 11 is 6.03. The average Bonchev–Trinajstić information content (AvgIpc) is 3.39. The fourth-order valence-corrected chi connectivity index (χ4v) is 5.41. The van der Waals surface area contributed by atoms with Crippen molar-refractivity contribution >= 4 is 23.2 Å². The van der Waals surface area contributed by atoms with E-state index in [0.29, 0.717) is 42.8 Å². The first-order chi connectivity index (χ1) is 17.1. The van der Waals surface area contributed by atoms with Gasteiger partial charge in [-0.1, -0.05) is 24.1 Å². The van der Waals surface area contributed by atoms with Crippen molar-refractivity contribution in [3.8, 4) is 11.5 Å². The van der Waals surface area contributed by atoms with Crippen molar-refractivity contribution in [2.75, 3.05) is 50.8 Å². The van der Waals surface area contributed by atoms with Gasteiger partial charge in [0.05, 0.1) is 12.0 Å². The highest BCUT2D eigenvalue weighted by molar-refractivity contribution is 6.30. The number of amides is 1. The number of piperidine rings is 1. The summed E-state index contributed by atoms with van der Waals surface area (Å²) in [5.41, 5.74) is 1.80. The second-order valence-electron chi connectivity index (χ2n) is 9.73. The predicted molar refractivity (Wildman–Crippen MR) is 136 cm³/mol. The molecule has 3 heterocycles. The van der Waals surface area contributed by atoms with E-state index in [1.54, 1.807) is 0 Å². The predicted octanol–water partition coefficient (Wildman–Crippen LogP) is 3.64. The molecule has 0 saturated carbocycles. The number of hydrogen-bond acceptors (Lipinski definition) is 6. The quantitative estimate of drug-likeness (QED) is 0.606. The van der Waals surface area contributed by atoms with Crippen LogP contribution in [0.4, 0.5) is 5.69 Å². The number of aliphatic hydroxyl groups is 1. The molecule has 2 saturated heterocycles. The minimum absolute atomic E-state index is 0.0000614. The van der Waals surface area contributed by atoms with Crippen molar-refractivity contribution in [2.45, 2.75) is 37.8 Å². The van der Waals surface area contributed by atoms with E-state index >= 15 is 0 Å². The summed E-state index contributed by atoms with van der Waals surface area (Å²) in [6.45, 7) is 5.10. The molecule has 0 aliphatic carbocycles. The number of likely N-dealkylation sites (tertiary alicyclic amines) is 1. The van der Waals surface area contributed by atoms with Crippen LogP contribution >= 0.6 is 11.6 Å². The van der Waals surface area contributed by atoms with Crippen molar-refractivity contribution in [2.24, 2.45) is 5.92 Å². The number of aliphatic hydroxyl groups excluding tert-OH is 1. The Labute approximate surface area is 212 Å². The SMILES string of the molecule is O=C(N[C@H](CN1CCCCC1)[C@H](O)c1ccc2c(c1)OCCO2)C1CCN(c2ccc(Cl)cc2)C1. The summed E-state index contributed by atoms with van der Waals surface area (Å²) in [5.74, 6) is 1.21. The number of halogens is 1.